The Balaban J connectivity index is 1.83. The molecule has 0 aliphatic heterocycles. The van der Waals surface area contributed by atoms with Gasteiger partial charge in [0.25, 0.3) is 0 Å². The molecule has 1 aliphatic carbocycles. The average Bonchev–Trinajstić information content (AvgIpc) is 3.23. The molecule has 2 rings (SSSR count). The van der Waals surface area contributed by atoms with E-state index in [0.29, 0.717) is 31.4 Å². The molecule has 1 aliphatic rings. The van der Waals surface area contributed by atoms with Crippen molar-refractivity contribution < 1.29 is 14.3 Å². The van der Waals surface area contributed by atoms with Crippen LogP contribution in [0.1, 0.15) is 26.2 Å². The summed E-state index contributed by atoms with van der Waals surface area (Å²) < 4.78 is 11.2. The van der Waals surface area contributed by atoms with Crippen molar-refractivity contribution >= 4 is 5.91 Å². The minimum absolute atomic E-state index is 0.318. The summed E-state index contributed by atoms with van der Waals surface area (Å²) in [6, 6.07) is 7.65. The van der Waals surface area contributed by atoms with Gasteiger partial charge >= 0.3 is 0 Å². The fourth-order valence-electron chi connectivity index (χ4n) is 1.97. The molecule has 1 aromatic carbocycles. The molecule has 5 heteroatoms. The summed E-state index contributed by atoms with van der Waals surface area (Å²) in [5.74, 6) is 1.10. The summed E-state index contributed by atoms with van der Waals surface area (Å²) in [4.78, 5) is 11.4. The van der Waals surface area contributed by atoms with E-state index < -0.39 is 0 Å². The second kappa shape index (κ2) is 7.14. The van der Waals surface area contributed by atoms with Gasteiger partial charge in [-0.2, -0.15) is 0 Å². The van der Waals surface area contributed by atoms with Crippen LogP contribution in [-0.4, -0.2) is 31.2 Å². The smallest absolute Gasteiger partial charge is 0.234 e. The Labute approximate surface area is 119 Å². The molecule has 1 amide bonds. The van der Waals surface area contributed by atoms with Crippen LogP contribution in [0.15, 0.2) is 24.3 Å². The van der Waals surface area contributed by atoms with Gasteiger partial charge in [0.1, 0.15) is 0 Å². The number of nitrogens with two attached hydrogens (primary N) is 1. The van der Waals surface area contributed by atoms with Gasteiger partial charge in [-0.3, -0.25) is 4.79 Å². The van der Waals surface area contributed by atoms with Crippen molar-refractivity contribution in [3.8, 4) is 11.5 Å². The molecule has 0 heterocycles. The summed E-state index contributed by atoms with van der Waals surface area (Å²) in [6.45, 7) is 2.95. The first-order valence-electron chi connectivity index (χ1n) is 7.10. The Kier molecular flexibility index (Phi) is 5.24. The van der Waals surface area contributed by atoms with Gasteiger partial charge < -0.3 is 20.5 Å². The number of carbonyl (C=O) groups is 1. The molecule has 0 radical (unpaired) electrons. The second-order valence-electron chi connectivity index (χ2n) is 4.91. The number of amides is 1. The third-order valence-electron chi connectivity index (χ3n) is 3.17. The van der Waals surface area contributed by atoms with Crippen molar-refractivity contribution in [1.29, 1.82) is 0 Å². The first-order valence-corrected chi connectivity index (χ1v) is 7.10. The van der Waals surface area contributed by atoms with Crippen LogP contribution >= 0.6 is 0 Å². The lowest BCUT2D eigenvalue weighted by molar-refractivity contribution is -0.120. The standard InChI is InChI=1S/C15H22N2O3/c1-2-19-13-5-3-4-6-14(13)20-10-9-12(15(16)18)17-11-7-8-11/h3-6,11-12,17H,2,7-10H2,1H3,(H2,16,18). The number of para-hydroxylation sites is 2. The van der Waals surface area contributed by atoms with Gasteiger partial charge in [-0.15, -0.1) is 0 Å². The quantitative estimate of drug-likeness (QED) is 0.717. The largest absolute Gasteiger partial charge is 0.490 e. The minimum atomic E-state index is -0.321. The van der Waals surface area contributed by atoms with E-state index >= 15 is 0 Å². The van der Waals surface area contributed by atoms with Gasteiger partial charge in [-0.25, -0.2) is 0 Å². The number of carbonyl (C=O) groups excluding carboxylic acids is 1. The normalized spacial score (nSPS) is 15.7. The maximum absolute atomic E-state index is 11.4. The molecule has 1 aromatic rings. The van der Waals surface area contributed by atoms with Crippen LogP contribution in [0.25, 0.3) is 0 Å². The molecule has 5 nitrogen and oxygen atoms in total. The topological polar surface area (TPSA) is 73.6 Å². The van der Waals surface area contributed by atoms with Gasteiger partial charge in [0.2, 0.25) is 5.91 Å². The van der Waals surface area contributed by atoms with E-state index in [1.165, 1.54) is 0 Å². The van der Waals surface area contributed by atoms with Crippen molar-refractivity contribution in [1.82, 2.24) is 5.32 Å². The molecule has 110 valence electrons. The van der Waals surface area contributed by atoms with E-state index in [2.05, 4.69) is 5.32 Å². The van der Waals surface area contributed by atoms with E-state index in [1.54, 1.807) is 0 Å². The van der Waals surface area contributed by atoms with Gasteiger partial charge in [0, 0.05) is 12.5 Å². The van der Waals surface area contributed by atoms with Crippen molar-refractivity contribution in [3.63, 3.8) is 0 Å². The molecular formula is C15H22N2O3. The van der Waals surface area contributed by atoms with E-state index in [4.69, 9.17) is 15.2 Å². The highest BCUT2D eigenvalue weighted by Gasteiger charge is 2.27. The number of primary amides is 1. The van der Waals surface area contributed by atoms with Crippen LogP contribution < -0.4 is 20.5 Å². The maximum atomic E-state index is 11.4. The monoisotopic (exact) mass is 278 g/mol. The first-order chi connectivity index (χ1) is 9.70. The van der Waals surface area contributed by atoms with Gasteiger partial charge in [-0.1, -0.05) is 12.1 Å². The summed E-state index contributed by atoms with van der Waals surface area (Å²) in [5.41, 5.74) is 5.39. The van der Waals surface area contributed by atoms with Crippen LogP contribution in [0.3, 0.4) is 0 Å². The molecule has 0 aromatic heterocycles. The lowest BCUT2D eigenvalue weighted by Crippen LogP contribution is -2.43. The number of rotatable bonds is 9. The van der Waals surface area contributed by atoms with E-state index in [1.807, 2.05) is 31.2 Å². The maximum Gasteiger partial charge on any atom is 0.234 e. The summed E-state index contributed by atoms with van der Waals surface area (Å²) in [6.07, 6.45) is 2.81. The Morgan fingerprint density at radius 3 is 2.55 bits per heavy atom. The predicted octanol–water partition coefficient (Wildman–Crippen LogP) is 1.46. The van der Waals surface area contributed by atoms with Crippen LogP contribution in [-0.2, 0) is 4.79 Å². The predicted molar refractivity (Wildman–Crippen MR) is 76.9 cm³/mol. The number of hydrogen-bond donors (Lipinski definition) is 2. The Hall–Kier alpha value is -1.75. The van der Waals surface area contributed by atoms with Crippen LogP contribution in [0.5, 0.6) is 11.5 Å². The molecule has 1 saturated carbocycles. The average molecular weight is 278 g/mol. The lowest BCUT2D eigenvalue weighted by Gasteiger charge is -2.16. The van der Waals surface area contributed by atoms with Crippen molar-refractivity contribution in [3.05, 3.63) is 24.3 Å². The van der Waals surface area contributed by atoms with E-state index in [-0.39, 0.29) is 11.9 Å². The van der Waals surface area contributed by atoms with Gasteiger partial charge in [-0.05, 0) is 31.9 Å². The number of benzene rings is 1. The highest BCUT2D eigenvalue weighted by Crippen LogP contribution is 2.26. The third-order valence-corrected chi connectivity index (χ3v) is 3.17. The molecule has 20 heavy (non-hydrogen) atoms. The molecule has 0 saturated heterocycles. The highest BCUT2D eigenvalue weighted by atomic mass is 16.5. The molecule has 3 N–H and O–H groups in total. The molecule has 1 unspecified atom stereocenters. The molecule has 1 atom stereocenters. The molecule has 0 bridgehead atoms. The SMILES string of the molecule is CCOc1ccccc1OCCC(NC1CC1)C(N)=O. The zero-order chi connectivity index (χ0) is 14.4. The molecule has 1 fully saturated rings. The minimum Gasteiger partial charge on any atom is -0.490 e. The number of ether oxygens (including phenoxy) is 2. The van der Waals surface area contributed by atoms with Gasteiger partial charge in [0.05, 0.1) is 19.3 Å². The highest BCUT2D eigenvalue weighted by molar-refractivity contribution is 5.79. The number of hydrogen-bond acceptors (Lipinski definition) is 4. The van der Waals surface area contributed by atoms with Crippen molar-refractivity contribution in [2.45, 2.75) is 38.3 Å². The zero-order valence-corrected chi connectivity index (χ0v) is 11.8. The van der Waals surface area contributed by atoms with E-state index in [9.17, 15) is 4.79 Å². The summed E-state index contributed by atoms with van der Waals surface area (Å²) >= 11 is 0. The van der Waals surface area contributed by atoms with Crippen molar-refractivity contribution in [2.75, 3.05) is 13.2 Å². The number of nitrogens with one attached hydrogen (secondary N) is 1. The summed E-state index contributed by atoms with van der Waals surface area (Å²) in [7, 11) is 0. The lowest BCUT2D eigenvalue weighted by atomic mass is 10.2. The fraction of sp³-hybridized carbons (Fsp3) is 0.533. The zero-order valence-electron chi connectivity index (χ0n) is 11.8. The molecular weight excluding hydrogens is 256 g/mol. The second-order valence-corrected chi connectivity index (χ2v) is 4.91. The fourth-order valence-corrected chi connectivity index (χ4v) is 1.97. The third kappa shape index (κ3) is 4.42. The van der Waals surface area contributed by atoms with Gasteiger partial charge in [0.15, 0.2) is 11.5 Å². The van der Waals surface area contributed by atoms with Crippen LogP contribution in [0.2, 0.25) is 0 Å². The van der Waals surface area contributed by atoms with Crippen molar-refractivity contribution in [2.24, 2.45) is 5.73 Å². The van der Waals surface area contributed by atoms with Crippen LogP contribution in [0.4, 0.5) is 0 Å². The molecule has 0 spiro atoms. The van der Waals surface area contributed by atoms with Crippen LogP contribution in [0, 0.1) is 0 Å². The Morgan fingerprint density at radius 2 is 2.00 bits per heavy atom. The Bertz CT molecular complexity index is 446. The first kappa shape index (κ1) is 14.7. The Morgan fingerprint density at radius 1 is 1.35 bits per heavy atom. The summed E-state index contributed by atoms with van der Waals surface area (Å²) in [5, 5.41) is 3.23. The van der Waals surface area contributed by atoms with E-state index in [0.717, 1.165) is 18.6 Å².